The molecule has 1 atom stereocenters. The fourth-order valence-corrected chi connectivity index (χ4v) is 4.06. The van der Waals surface area contributed by atoms with E-state index in [1.54, 1.807) is 6.33 Å². The summed E-state index contributed by atoms with van der Waals surface area (Å²) in [6.45, 7) is 1.37. The molecule has 1 aromatic carbocycles. The highest BCUT2D eigenvalue weighted by Crippen LogP contribution is 2.25. The van der Waals surface area contributed by atoms with Crippen LogP contribution in [0.2, 0.25) is 0 Å². The van der Waals surface area contributed by atoms with Crippen molar-refractivity contribution in [3.63, 3.8) is 0 Å². The van der Waals surface area contributed by atoms with E-state index in [1.807, 2.05) is 9.47 Å². The average Bonchev–Trinajstić information content (AvgIpc) is 3.26. The van der Waals surface area contributed by atoms with Crippen molar-refractivity contribution in [1.82, 2.24) is 19.7 Å². The minimum absolute atomic E-state index is 0.00121. The summed E-state index contributed by atoms with van der Waals surface area (Å²) < 4.78 is 2.05. The summed E-state index contributed by atoms with van der Waals surface area (Å²) in [4.78, 5) is 14.4. The normalized spacial score (nSPS) is 19.0. The zero-order valence-corrected chi connectivity index (χ0v) is 14.4. The number of hydrogen-bond acceptors (Lipinski definition) is 3. The Balaban J connectivity index is 1.55. The molecule has 1 amide bonds. The molecular formula is C18H21ClN4O. The van der Waals surface area contributed by atoms with Gasteiger partial charge in [0.2, 0.25) is 5.91 Å². The van der Waals surface area contributed by atoms with Crippen LogP contribution in [0.3, 0.4) is 0 Å². The zero-order chi connectivity index (χ0) is 16.5. The summed E-state index contributed by atoms with van der Waals surface area (Å²) in [5.41, 5.74) is 4.10. The lowest BCUT2D eigenvalue weighted by Gasteiger charge is -2.34. The van der Waals surface area contributed by atoms with E-state index in [0.717, 1.165) is 31.6 Å². The summed E-state index contributed by atoms with van der Waals surface area (Å²) in [7, 11) is 0. The van der Waals surface area contributed by atoms with Gasteiger partial charge in [-0.2, -0.15) is 0 Å². The zero-order valence-electron chi connectivity index (χ0n) is 13.6. The summed E-state index contributed by atoms with van der Waals surface area (Å²) in [6, 6.07) is 6.79. The number of benzene rings is 1. The van der Waals surface area contributed by atoms with E-state index < -0.39 is 0 Å². The molecule has 1 unspecified atom stereocenters. The number of carbonyl (C=O) groups excluding carboxylic acids is 1. The fourth-order valence-electron chi connectivity index (χ4n) is 3.91. The van der Waals surface area contributed by atoms with E-state index in [9.17, 15) is 4.79 Å². The molecule has 126 valence electrons. The second-order valence-corrected chi connectivity index (χ2v) is 6.97. The summed E-state index contributed by atoms with van der Waals surface area (Å²) in [5.74, 6) is 1.02. The summed E-state index contributed by atoms with van der Waals surface area (Å²) >= 11 is 5.88. The summed E-state index contributed by atoms with van der Waals surface area (Å²) in [6.07, 6.45) is 7.08. The van der Waals surface area contributed by atoms with Gasteiger partial charge in [0, 0.05) is 19.5 Å². The third-order valence-electron chi connectivity index (χ3n) is 5.20. The van der Waals surface area contributed by atoms with Gasteiger partial charge in [0.05, 0.1) is 6.04 Å². The second-order valence-electron chi connectivity index (χ2n) is 6.70. The Morgan fingerprint density at radius 3 is 3.04 bits per heavy atom. The first-order valence-electron chi connectivity index (χ1n) is 8.57. The van der Waals surface area contributed by atoms with Crippen molar-refractivity contribution in [2.45, 2.75) is 51.2 Å². The number of halogens is 1. The average molecular weight is 345 g/mol. The Hall–Kier alpha value is -1.88. The summed E-state index contributed by atoms with van der Waals surface area (Å²) in [5, 5.41) is 8.09. The lowest BCUT2D eigenvalue weighted by molar-refractivity contribution is -0.132. The molecule has 0 bridgehead atoms. The number of hydrogen-bond donors (Lipinski definition) is 0. The van der Waals surface area contributed by atoms with Crippen molar-refractivity contribution >= 4 is 17.5 Å². The first-order valence-corrected chi connectivity index (χ1v) is 9.11. The number of aryl methyl sites for hydroxylation is 3. The minimum Gasteiger partial charge on any atom is -0.333 e. The number of aromatic nitrogens is 3. The maximum absolute atomic E-state index is 12.5. The first kappa shape index (κ1) is 15.6. The lowest BCUT2D eigenvalue weighted by Crippen LogP contribution is -2.45. The van der Waals surface area contributed by atoms with E-state index in [1.165, 1.54) is 29.5 Å². The van der Waals surface area contributed by atoms with Crippen molar-refractivity contribution < 1.29 is 4.79 Å². The lowest BCUT2D eigenvalue weighted by atomic mass is 10.0. The number of rotatable bonds is 4. The Bertz CT molecular complexity index is 757. The smallest absolute Gasteiger partial charge is 0.238 e. The molecule has 0 fully saturated rings. The molecule has 0 saturated carbocycles. The van der Waals surface area contributed by atoms with Crippen LogP contribution in [-0.2, 0) is 37.1 Å². The predicted molar refractivity (Wildman–Crippen MR) is 91.9 cm³/mol. The van der Waals surface area contributed by atoms with E-state index >= 15 is 0 Å². The highest BCUT2D eigenvalue weighted by molar-refractivity contribution is 6.27. The van der Waals surface area contributed by atoms with E-state index in [4.69, 9.17) is 11.6 Å². The van der Waals surface area contributed by atoms with Crippen LogP contribution < -0.4 is 0 Å². The highest BCUT2D eigenvalue weighted by atomic mass is 35.5. The van der Waals surface area contributed by atoms with Crippen LogP contribution >= 0.6 is 11.6 Å². The van der Waals surface area contributed by atoms with Crippen LogP contribution in [0.1, 0.15) is 35.4 Å². The first-order chi connectivity index (χ1) is 11.7. The van der Waals surface area contributed by atoms with Crippen molar-refractivity contribution in [2.75, 3.05) is 5.88 Å². The molecule has 0 radical (unpaired) electrons. The van der Waals surface area contributed by atoms with Gasteiger partial charge in [-0.15, -0.1) is 21.8 Å². The molecule has 0 N–H and O–H groups in total. The van der Waals surface area contributed by atoms with Gasteiger partial charge in [0.15, 0.2) is 0 Å². The number of alkyl halides is 1. The molecule has 2 heterocycles. The van der Waals surface area contributed by atoms with Gasteiger partial charge in [0.1, 0.15) is 18.0 Å². The van der Waals surface area contributed by atoms with Gasteiger partial charge in [-0.25, -0.2) is 0 Å². The van der Waals surface area contributed by atoms with Gasteiger partial charge in [-0.1, -0.05) is 18.2 Å². The highest BCUT2D eigenvalue weighted by Gasteiger charge is 2.28. The predicted octanol–water partition coefficient (Wildman–Crippen LogP) is 2.35. The number of carbonyl (C=O) groups is 1. The van der Waals surface area contributed by atoms with Gasteiger partial charge >= 0.3 is 0 Å². The molecule has 0 spiro atoms. The quantitative estimate of drug-likeness (QED) is 0.800. The van der Waals surface area contributed by atoms with Crippen LogP contribution in [0.25, 0.3) is 0 Å². The van der Waals surface area contributed by atoms with Gasteiger partial charge in [-0.05, 0) is 42.4 Å². The largest absolute Gasteiger partial charge is 0.333 e. The molecule has 1 aliphatic carbocycles. The topological polar surface area (TPSA) is 51.0 Å². The number of nitrogens with zero attached hydrogens (tertiary/aromatic N) is 4. The Labute approximate surface area is 146 Å². The molecule has 1 aromatic heterocycles. The SMILES string of the molecule is O=C(CCl)N(Cc1ccc2c(c1)CCC2)C1CCc2nncn2C1. The number of fused-ring (bicyclic) bond motifs is 2. The molecule has 5 nitrogen and oxygen atoms in total. The second kappa shape index (κ2) is 6.55. The third kappa shape index (κ3) is 2.93. The number of amides is 1. The van der Waals surface area contributed by atoms with Crippen LogP contribution in [0, 0.1) is 0 Å². The van der Waals surface area contributed by atoms with E-state index in [2.05, 4.69) is 28.4 Å². The molecular weight excluding hydrogens is 324 g/mol. The molecule has 1 aliphatic heterocycles. The van der Waals surface area contributed by atoms with Crippen LogP contribution in [0.5, 0.6) is 0 Å². The maximum atomic E-state index is 12.5. The van der Waals surface area contributed by atoms with Crippen LogP contribution in [0.15, 0.2) is 24.5 Å². The Morgan fingerprint density at radius 2 is 2.17 bits per heavy atom. The van der Waals surface area contributed by atoms with Gasteiger partial charge in [-0.3, -0.25) is 4.79 Å². The van der Waals surface area contributed by atoms with Crippen molar-refractivity contribution in [3.05, 3.63) is 47.0 Å². The van der Waals surface area contributed by atoms with Crippen LogP contribution in [-0.4, -0.2) is 37.5 Å². The van der Waals surface area contributed by atoms with Gasteiger partial charge in [0.25, 0.3) is 0 Å². The van der Waals surface area contributed by atoms with Crippen LogP contribution in [0.4, 0.5) is 0 Å². The molecule has 6 heteroatoms. The van der Waals surface area contributed by atoms with E-state index in [0.29, 0.717) is 6.54 Å². The van der Waals surface area contributed by atoms with Crippen molar-refractivity contribution in [2.24, 2.45) is 0 Å². The molecule has 24 heavy (non-hydrogen) atoms. The van der Waals surface area contributed by atoms with E-state index in [-0.39, 0.29) is 17.8 Å². The van der Waals surface area contributed by atoms with Crippen molar-refractivity contribution in [1.29, 1.82) is 0 Å². The molecule has 2 aromatic rings. The Kier molecular flexibility index (Phi) is 4.27. The monoisotopic (exact) mass is 344 g/mol. The third-order valence-corrected chi connectivity index (χ3v) is 5.42. The Morgan fingerprint density at radius 1 is 1.29 bits per heavy atom. The maximum Gasteiger partial charge on any atom is 0.238 e. The fraction of sp³-hybridized carbons (Fsp3) is 0.500. The van der Waals surface area contributed by atoms with Crippen molar-refractivity contribution in [3.8, 4) is 0 Å². The standard InChI is InChI=1S/C18H21ClN4O/c19-9-18(24)23(16-6-7-17-21-20-12-22(17)11-16)10-13-4-5-14-2-1-3-15(14)8-13/h4-5,8,12,16H,1-3,6-7,9-11H2. The molecule has 2 aliphatic rings. The van der Waals surface area contributed by atoms with Gasteiger partial charge < -0.3 is 9.47 Å². The minimum atomic E-state index is -0.00121. The molecule has 4 rings (SSSR count). The molecule has 0 saturated heterocycles.